The minimum absolute atomic E-state index is 0.0269. The monoisotopic (exact) mass is 395 g/mol. The van der Waals surface area contributed by atoms with Gasteiger partial charge in [0.15, 0.2) is 0 Å². The van der Waals surface area contributed by atoms with Gasteiger partial charge in [-0.1, -0.05) is 30.3 Å². The smallest absolute Gasteiger partial charge is 0.241 e. The molecule has 154 valence electrons. The van der Waals surface area contributed by atoms with Crippen molar-refractivity contribution >= 4 is 23.2 Å². The summed E-state index contributed by atoms with van der Waals surface area (Å²) in [6.45, 7) is 5.72. The Labute approximate surface area is 172 Å². The molecule has 29 heavy (non-hydrogen) atoms. The fourth-order valence-corrected chi connectivity index (χ4v) is 3.47. The highest BCUT2D eigenvalue weighted by molar-refractivity contribution is 5.95. The molecule has 6 nitrogen and oxygen atoms in total. The molecule has 1 aliphatic heterocycles. The Hall–Kier alpha value is -2.70. The molecule has 0 aromatic heterocycles. The number of hydrogen-bond acceptors (Lipinski definition) is 4. The molecule has 2 amide bonds. The highest BCUT2D eigenvalue weighted by Gasteiger charge is 2.27. The molecule has 1 atom stereocenters. The molecule has 0 bridgehead atoms. The van der Waals surface area contributed by atoms with E-state index in [1.54, 1.807) is 24.3 Å². The molecule has 1 fully saturated rings. The van der Waals surface area contributed by atoms with Crippen LogP contribution in [0.15, 0.2) is 54.6 Å². The molecule has 0 spiro atoms. The van der Waals surface area contributed by atoms with Crippen molar-refractivity contribution in [1.29, 1.82) is 0 Å². The van der Waals surface area contributed by atoms with E-state index in [9.17, 15) is 9.59 Å². The van der Waals surface area contributed by atoms with Crippen LogP contribution in [0, 0.1) is 0 Å². The Bertz CT molecular complexity index is 800. The van der Waals surface area contributed by atoms with Crippen molar-refractivity contribution in [2.45, 2.75) is 45.4 Å². The Balaban J connectivity index is 1.43. The zero-order valence-corrected chi connectivity index (χ0v) is 17.1. The highest BCUT2D eigenvalue weighted by Crippen LogP contribution is 2.19. The van der Waals surface area contributed by atoms with E-state index in [1.165, 1.54) is 12.5 Å². The van der Waals surface area contributed by atoms with Gasteiger partial charge in [-0.25, -0.2) is 0 Å². The fraction of sp³-hybridized carbons (Fsp3) is 0.391. The molecule has 0 aliphatic carbocycles. The maximum Gasteiger partial charge on any atom is 0.241 e. The van der Waals surface area contributed by atoms with Gasteiger partial charge in [-0.05, 0) is 49.6 Å². The summed E-state index contributed by atoms with van der Waals surface area (Å²) in [4.78, 5) is 25.9. The zero-order valence-electron chi connectivity index (χ0n) is 17.1. The minimum Gasteiger partial charge on any atom is -0.373 e. The number of nitrogens with one attached hydrogen (secondary N) is 2. The number of likely N-dealkylation sites (tertiary alicyclic amines) is 1. The highest BCUT2D eigenvalue weighted by atomic mass is 16.5. The largest absolute Gasteiger partial charge is 0.373 e. The first-order chi connectivity index (χ1) is 14.0. The second-order valence-electron chi connectivity index (χ2n) is 7.46. The summed E-state index contributed by atoms with van der Waals surface area (Å²) in [7, 11) is 0. The normalized spacial score (nSPS) is 16.2. The number of ether oxygens (including phenoxy) is 1. The molecule has 6 heteroatoms. The van der Waals surface area contributed by atoms with Crippen molar-refractivity contribution in [1.82, 2.24) is 4.90 Å². The average molecular weight is 396 g/mol. The van der Waals surface area contributed by atoms with Crippen molar-refractivity contribution in [2.24, 2.45) is 0 Å². The van der Waals surface area contributed by atoms with Gasteiger partial charge in [-0.3, -0.25) is 14.5 Å². The molecule has 3 rings (SSSR count). The standard InChI is InChI=1S/C23H29N3O3/c1-17(23(28)25-21-10-8-20(9-11-21)24-18(2)27)26-14-12-22(13-15-26)29-16-19-6-4-3-5-7-19/h3-11,17,22H,12-16H2,1-2H3,(H,24,27)(H,25,28). The van der Waals surface area contributed by atoms with Gasteiger partial charge in [0.25, 0.3) is 0 Å². The summed E-state index contributed by atoms with van der Waals surface area (Å²) in [5.74, 6) is -0.146. The molecule has 0 saturated carbocycles. The van der Waals surface area contributed by atoms with Crippen molar-refractivity contribution in [3.05, 3.63) is 60.2 Å². The third kappa shape index (κ3) is 6.41. The molecule has 1 unspecified atom stereocenters. The van der Waals surface area contributed by atoms with E-state index in [4.69, 9.17) is 4.74 Å². The average Bonchev–Trinajstić information content (AvgIpc) is 2.74. The summed E-state index contributed by atoms with van der Waals surface area (Å²) >= 11 is 0. The number of anilines is 2. The minimum atomic E-state index is -0.208. The Morgan fingerprint density at radius 1 is 1.00 bits per heavy atom. The SMILES string of the molecule is CC(=O)Nc1ccc(NC(=O)C(C)N2CCC(OCc3ccccc3)CC2)cc1. The third-order valence-electron chi connectivity index (χ3n) is 5.21. The van der Waals surface area contributed by atoms with Crippen LogP contribution in [0.4, 0.5) is 11.4 Å². The predicted molar refractivity (Wildman–Crippen MR) is 115 cm³/mol. The summed E-state index contributed by atoms with van der Waals surface area (Å²) in [6, 6.07) is 17.1. The van der Waals surface area contributed by atoms with E-state index in [1.807, 2.05) is 25.1 Å². The summed E-state index contributed by atoms with van der Waals surface area (Å²) < 4.78 is 6.03. The molecular weight excluding hydrogens is 366 g/mol. The van der Waals surface area contributed by atoms with E-state index in [-0.39, 0.29) is 24.0 Å². The topological polar surface area (TPSA) is 70.7 Å². The number of hydrogen-bond donors (Lipinski definition) is 2. The molecule has 2 aromatic rings. The third-order valence-corrected chi connectivity index (χ3v) is 5.21. The first-order valence-electron chi connectivity index (χ1n) is 10.1. The van der Waals surface area contributed by atoms with Crippen molar-refractivity contribution in [3.8, 4) is 0 Å². The second kappa shape index (κ2) is 10.2. The maximum absolute atomic E-state index is 12.6. The van der Waals surface area contributed by atoms with Crippen LogP contribution in [0.3, 0.4) is 0 Å². The molecular formula is C23H29N3O3. The predicted octanol–water partition coefficient (Wildman–Crippen LogP) is 3.65. The number of piperidine rings is 1. The quantitative estimate of drug-likeness (QED) is 0.751. The van der Waals surface area contributed by atoms with Gasteiger partial charge >= 0.3 is 0 Å². The van der Waals surface area contributed by atoms with Gasteiger partial charge in [-0.2, -0.15) is 0 Å². The lowest BCUT2D eigenvalue weighted by Gasteiger charge is -2.35. The number of amides is 2. The van der Waals surface area contributed by atoms with E-state index in [2.05, 4.69) is 27.7 Å². The van der Waals surface area contributed by atoms with Gasteiger partial charge in [0.1, 0.15) is 0 Å². The molecule has 0 radical (unpaired) electrons. The second-order valence-corrected chi connectivity index (χ2v) is 7.46. The number of carbonyl (C=O) groups excluding carboxylic acids is 2. The van der Waals surface area contributed by atoms with Crippen molar-refractivity contribution in [2.75, 3.05) is 23.7 Å². The van der Waals surface area contributed by atoms with Crippen molar-refractivity contribution < 1.29 is 14.3 Å². The van der Waals surface area contributed by atoms with Crippen LogP contribution in [-0.4, -0.2) is 41.9 Å². The summed E-state index contributed by atoms with van der Waals surface area (Å²) in [6.07, 6.45) is 2.09. The van der Waals surface area contributed by atoms with Gasteiger partial charge in [-0.15, -0.1) is 0 Å². The lowest BCUT2D eigenvalue weighted by molar-refractivity contribution is -0.122. The zero-order chi connectivity index (χ0) is 20.6. The first kappa shape index (κ1) is 21.0. The molecule has 1 aliphatic rings. The number of rotatable bonds is 7. The Morgan fingerprint density at radius 2 is 1.59 bits per heavy atom. The lowest BCUT2D eigenvalue weighted by atomic mass is 10.1. The summed E-state index contributed by atoms with van der Waals surface area (Å²) in [5, 5.41) is 5.67. The number of benzene rings is 2. The fourth-order valence-electron chi connectivity index (χ4n) is 3.47. The lowest BCUT2D eigenvalue weighted by Crippen LogP contribution is -2.47. The Kier molecular flexibility index (Phi) is 7.38. The van der Waals surface area contributed by atoms with Crippen LogP contribution in [-0.2, 0) is 20.9 Å². The van der Waals surface area contributed by atoms with E-state index in [0.29, 0.717) is 12.3 Å². The van der Waals surface area contributed by atoms with Gasteiger partial charge in [0, 0.05) is 31.4 Å². The van der Waals surface area contributed by atoms with Crippen LogP contribution in [0.25, 0.3) is 0 Å². The van der Waals surface area contributed by atoms with Gasteiger partial charge in [0.2, 0.25) is 11.8 Å². The summed E-state index contributed by atoms with van der Waals surface area (Å²) in [5.41, 5.74) is 2.62. The number of carbonyl (C=O) groups is 2. The molecule has 2 aromatic carbocycles. The van der Waals surface area contributed by atoms with Crippen LogP contribution in [0.5, 0.6) is 0 Å². The molecule has 1 heterocycles. The van der Waals surface area contributed by atoms with Crippen molar-refractivity contribution in [3.63, 3.8) is 0 Å². The number of nitrogens with zero attached hydrogens (tertiary/aromatic N) is 1. The van der Waals surface area contributed by atoms with E-state index in [0.717, 1.165) is 31.6 Å². The molecule has 2 N–H and O–H groups in total. The Morgan fingerprint density at radius 3 is 2.17 bits per heavy atom. The van der Waals surface area contributed by atoms with Crippen LogP contribution in [0.1, 0.15) is 32.3 Å². The van der Waals surface area contributed by atoms with E-state index < -0.39 is 0 Å². The van der Waals surface area contributed by atoms with Gasteiger partial charge < -0.3 is 15.4 Å². The molecule has 1 saturated heterocycles. The van der Waals surface area contributed by atoms with E-state index >= 15 is 0 Å². The maximum atomic E-state index is 12.6. The van der Waals surface area contributed by atoms with Gasteiger partial charge in [0.05, 0.1) is 18.8 Å². The van der Waals surface area contributed by atoms with Crippen LogP contribution >= 0.6 is 0 Å². The first-order valence-corrected chi connectivity index (χ1v) is 10.1. The van der Waals surface area contributed by atoms with Crippen LogP contribution in [0.2, 0.25) is 0 Å². The van der Waals surface area contributed by atoms with Crippen LogP contribution < -0.4 is 10.6 Å².